The van der Waals surface area contributed by atoms with E-state index in [1.807, 2.05) is 24.3 Å². The lowest BCUT2D eigenvalue weighted by Gasteiger charge is -2.44. The number of carboxylic acids is 1. The summed E-state index contributed by atoms with van der Waals surface area (Å²) in [6, 6.07) is 8.11. The van der Waals surface area contributed by atoms with Gasteiger partial charge in [-0.3, -0.25) is 4.79 Å². The standard InChI is InChI=1S/C13H17BrN2O2/c1-9(10-4-2-3-5-11(10)14)16-13(6-12(17)18)7-15-8-13/h2-5,9,15-16H,6-8H2,1H3,(H,17,18)/t9-/m1/s1. The van der Waals surface area contributed by atoms with Crippen molar-refractivity contribution in [1.29, 1.82) is 0 Å². The van der Waals surface area contributed by atoms with Gasteiger partial charge in [0.05, 0.1) is 12.0 Å². The van der Waals surface area contributed by atoms with Gasteiger partial charge in [0, 0.05) is 23.6 Å². The summed E-state index contributed by atoms with van der Waals surface area (Å²) in [6.07, 6.45) is 0.148. The molecule has 1 heterocycles. The van der Waals surface area contributed by atoms with Crippen LogP contribution in [0.1, 0.15) is 24.9 Å². The molecule has 98 valence electrons. The molecule has 3 N–H and O–H groups in total. The fraction of sp³-hybridized carbons (Fsp3) is 0.462. The highest BCUT2D eigenvalue weighted by Gasteiger charge is 2.40. The van der Waals surface area contributed by atoms with E-state index in [1.54, 1.807) is 0 Å². The van der Waals surface area contributed by atoms with Crippen LogP contribution in [-0.4, -0.2) is 29.7 Å². The first-order valence-corrected chi connectivity index (χ1v) is 6.76. The predicted molar refractivity (Wildman–Crippen MR) is 73.5 cm³/mol. The van der Waals surface area contributed by atoms with Gasteiger partial charge in [-0.1, -0.05) is 34.1 Å². The van der Waals surface area contributed by atoms with Crippen molar-refractivity contribution in [2.45, 2.75) is 24.9 Å². The molecule has 1 atom stereocenters. The third kappa shape index (κ3) is 2.91. The van der Waals surface area contributed by atoms with Crippen molar-refractivity contribution in [2.75, 3.05) is 13.1 Å². The molecule has 0 unspecified atom stereocenters. The number of rotatable bonds is 5. The highest BCUT2D eigenvalue weighted by Crippen LogP contribution is 2.27. The van der Waals surface area contributed by atoms with E-state index in [0.29, 0.717) is 13.1 Å². The molecule has 1 aliphatic rings. The summed E-state index contributed by atoms with van der Waals surface area (Å²) >= 11 is 3.52. The Hall–Kier alpha value is -0.910. The second-order valence-electron chi connectivity index (χ2n) is 4.84. The van der Waals surface area contributed by atoms with Gasteiger partial charge in [-0.15, -0.1) is 0 Å². The highest BCUT2D eigenvalue weighted by molar-refractivity contribution is 9.10. The van der Waals surface area contributed by atoms with Crippen LogP contribution in [0.15, 0.2) is 28.7 Å². The molecule has 1 saturated heterocycles. The van der Waals surface area contributed by atoms with Crippen LogP contribution in [0.2, 0.25) is 0 Å². The molecule has 1 aromatic carbocycles. The Morgan fingerprint density at radius 2 is 2.22 bits per heavy atom. The number of carbonyl (C=O) groups is 1. The molecule has 5 heteroatoms. The van der Waals surface area contributed by atoms with Gasteiger partial charge in [0.15, 0.2) is 0 Å². The summed E-state index contributed by atoms with van der Waals surface area (Å²) in [5, 5.41) is 15.6. The van der Waals surface area contributed by atoms with E-state index >= 15 is 0 Å². The minimum atomic E-state index is -0.761. The predicted octanol–water partition coefficient (Wildman–Crippen LogP) is 1.92. The second kappa shape index (κ2) is 5.38. The Morgan fingerprint density at radius 3 is 2.72 bits per heavy atom. The first-order chi connectivity index (χ1) is 8.52. The van der Waals surface area contributed by atoms with Gasteiger partial charge in [0.1, 0.15) is 0 Å². The normalized spacial score (nSPS) is 19.0. The molecular weight excluding hydrogens is 296 g/mol. The van der Waals surface area contributed by atoms with Gasteiger partial charge < -0.3 is 15.7 Å². The van der Waals surface area contributed by atoms with Crippen molar-refractivity contribution >= 4 is 21.9 Å². The van der Waals surface area contributed by atoms with Crippen molar-refractivity contribution in [2.24, 2.45) is 0 Å². The number of benzene rings is 1. The van der Waals surface area contributed by atoms with Crippen molar-refractivity contribution < 1.29 is 9.90 Å². The van der Waals surface area contributed by atoms with Crippen LogP contribution in [-0.2, 0) is 4.79 Å². The molecule has 0 amide bonds. The van der Waals surface area contributed by atoms with Gasteiger partial charge >= 0.3 is 5.97 Å². The maximum atomic E-state index is 10.9. The lowest BCUT2D eigenvalue weighted by Crippen LogP contribution is -2.68. The van der Waals surface area contributed by atoms with Gasteiger partial charge in [0.2, 0.25) is 0 Å². The number of aliphatic carboxylic acids is 1. The smallest absolute Gasteiger partial charge is 0.305 e. The van der Waals surface area contributed by atoms with E-state index in [2.05, 4.69) is 33.5 Å². The zero-order valence-electron chi connectivity index (χ0n) is 10.2. The lowest BCUT2D eigenvalue weighted by molar-refractivity contribution is -0.139. The number of carboxylic acid groups (broad SMARTS) is 1. The van der Waals surface area contributed by atoms with Crippen molar-refractivity contribution in [3.05, 3.63) is 34.3 Å². The maximum absolute atomic E-state index is 10.9. The summed E-state index contributed by atoms with van der Waals surface area (Å²) in [4.78, 5) is 10.9. The van der Waals surface area contributed by atoms with Crippen molar-refractivity contribution in [3.63, 3.8) is 0 Å². The topological polar surface area (TPSA) is 61.4 Å². The van der Waals surface area contributed by atoms with Gasteiger partial charge in [0.25, 0.3) is 0 Å². The molecule has 18 heavy (non-hydrogen) atoms. The molecule has 0 spiro atoms. The Morgan fingerprint density at radius 1 is 1.56 bits per heavy atom. The molecule has 2 rings (SSSR count). The highest BCUT2D eigenvalue weighted by atomic mass is 79.9. The zero-order chi connectivity index (χ0) is 13.2. The molecule has 1 fully saturated rings. The Labute approximate surface area is 115 Å². The number of nitrogens with one attached hydrogen (secondary N) is 2. The second-order valence-corrected chi connectivity index (χ2v) is 5.70. The van der Waals surface area contributed by atoms with Crippen LogP contribution in [0.4, 0.5) is 0 Å². The molecule has 0 radical (unpaired) electrons. The third-order valence-electron chi connectivity index (χ3n) is 3.31. The molecule has 0 saturated carbocycles. The number of hydrogen-bond acceptors (Lipinski definition) is 3. The summed E-state index contributed by atoms with van der Waals surface area (Å²) < 4.78 is 1.04. The van der Waals surface area contributed by atoms with Crippen LogP contribution in [0.25, 0.3) is 0 Å². The van der Waals surface area contributed by atoms with Crippen LogP contribution >= 0.6 is 15.9 Å². The number of hydrogen-bond donors (Lipinski definition) is 3. The van der Waals surface area contributed by atoms with Crippen LogP contribution < -0.4 is 10.6 Å². The van der Waals surface area contributed by atoms with Crippen LogP contribution in [0.5, 0.6) is 0 Å². The van der Waals surface area contributed by atoms with Gasteiger partial charge in [-0.2, -0.15) is 0 Å². The molecule has 0 aliphatic carbocycles. The van der Waals surface area contributed by atoms with Crippen molar-refractivity contribution in [1.82, 2.24) is 10.6 Å². The number of halogens is 1. The molecule has 0 bridgehead atoms. The monoisotopic (exact) mass is 312 g/mol. The van der Waals surface area contributed by atoms with Crippen LogP contribution in [0.3, 0.4) is 0 Å². The third-order valence-corrected chi connectivity index (χ3v) is 4.03. The van der Waals surface area contributed by atoms with E-state index < -0.39 is 5.97 Å². The average molecular weight is 313 g/mol. The van der Waals surface area contributed by atoms with Crippen molar-refractivity contribution in [3.8, 4) is 0 Å². The van der Waals surface area contributed by atoms with Gasteiger partial charge in [-0.05, 0) is 18.6 Å². The first kappa shape index (κ1) is 13.5. The molecule has 1 aromatic rings. The van der Waals surface area contributed by atoms with E-state index in [4.69, 9.17) is 5.11 Å². The Kier molecular flexibility index (Phi) is 4.04. The lowest BCUT2D eigenvalue weighted by atomic mass is 9.87. The molecule has 1 aliphatic heterocycles. The summed E-state index contributed by atoms with van der Waals surface area (Å²) in [7, 11) is 0. The maximum Gasteiger partial charge on any atom is 0.305 e. The summed E-state index contributed by atoms with van der Waals surface area (Å²) in [6.45, 7) is 3.46. The summed E-state index contributed by atoms with van der Waals surface area (Å²) in [5.74, 6) is -0.761. The first-order valence-electron chi connectivity index (χ1n) is 5.97. The Bertz CT molecular complexity index is 446. The van der Waals surface area contributed by atoms with Gasteiger partial charge in [-0.25, -0.2) is 0 Å². The minimum Gasteiger partial charge on any atom is -0.481 e. The minimum absolute atomic E-state index is 0.113. The Balaban J connectivity index is 2.08. The van der Waals surface area contributed by atoms with E-state index in [0.717, 1.165) is 10.0 Å². The van der Waals surface area contributed by atoms with E-state index in [9.17, 15) is 4.79 Å². The molecule has 4 nitrogen and oxygen atoms in total. The van der Waals surface area contributed by atoms with E-state index in [-0.39, 0.29) is 18.0 Å². The fourth-order valence-electron chi connectivity index (χ4n) is 2.36. The van der Waals surface area contributed by atoms with E-state index in [1.165, 1.54) is 0 Å². The molecule has 0 aromatic heterocycles. The fourth-order valence-corrected chi connectivity index (χ4v) is 2.99. The summed E-state index contributed by atoms with van der Waals surface area (Å²) in [5.41, 5.74) is 0.828. The average Bonchev–Trinajstić information content (AvgIpc) is 2.25. The molecular formula is C13H17BrN2O2. The quantitative estimate of drug-likeness (QED) is 0.777. The zero-order valence-corrected chi connectivity index (χ0v) is 11.8. The largest absolute Gasteiger partial charge is 0.481 e. The SMILES string of the molecule is C[C@@H](NC1(CC(=O)O)CNC1)c1ccccc1Br. The van der Waals surface area contributed by atoms with Crippen LogP contribution in [0, 0.1) is 0 Å².